The van der Waals surface area contributed by atoms with Crippen molar-refractivity contribution in [2.24, 2.45) is 5.92 Å². The molecule has 36 heavy (non-hydrogen) atoms. The van der Waals surface area contributed by atoms with Gasteiger partial charge in [-0.15, -0.1) is 0 Å². The Morgan fingerprint density at radius 2 is 1.94 bits per heavy atom. The summed E-state index contributed by atoms with van der Waals surface area (Å²) in [4.78, 5) is 29.0. The van der Waals surface area contributed by atoms with Crippen LogP contribution in [-0.2, 0) is 11.4 Å². The number of carboxylic acid groups (broad SMARTS) is 1. The summed E-state index contributed by atoms with van der Waals surface area (Å²) >= 11 is 0. The molecule has 10 heteroatoms. The minimum absolute atomic E-state index is 0.00120. The van der Waals surface area contributed by atoms with Crippen LogP contribution in [0.5, 0.6) is 11.5 Å². The number of aromatic nitrogens is 1. The lowest BCUT2D eigenvalue weighted by atomic mass is 9.95. The van der Waals surface area contributed by atoms with Gasteiger partial charge >= 0.3 is 6.09 Å². The zero-order valence-electron chi connectivity index (χ0n) is 21.4. The zero-order valence-corrected chi connectivity index (χ0v) is 21.4. The van der Waals surface area contributed by atoms with Crippen molar-refractivity contribution in [2.45, 2.75) is 72.6 Å². The van der Waals surface area contributed by atoms with Gasteiger partial charge in [-0.25, -0.2) is 18.6 Å². The Hall–Kier alpha value is -3.43. The van der Waals surface area contributed by atoms with Gasteiger partial charge in [0, 0.05) is 29.8 Å². The third-order valence-corrected chi connectivity index (χ3v) is 5.80. The lowest BCUT2D eigenvalue weighted by Crippen LogP contribution is -2.53. The van der Waals surface area contributed by atoms with Crippen LogP contribution in [0.3, 0.4) is 0 Å². The first-order valence-electron chi connectivity index (χ1n) is 11.8. The van der Waals surface area contributed by atoms with Crippen LogP contribution in [-0.4, -0.2) is 45.2 Å². The molecule has 196 valence electrons. The molecular weight excluding hydrogens is 472 g/mol. The van der Waals surface area contributed by atoms with Crippen LogP contribution in [0.15, 0.2) is 24.4 Å². The molecule has 1 unspecified atom stereocenters. The number of ether oxygens (including phenoxy) is 2. The molecular formula is C26H33F2N3O5. The van der Waals surface area contributed by atoms with E-state index < -0.39 is 29.7 Å². The van der Waals surface area contributed by atoms with Crippen LogP contribution in [0.1, 0.15) is 65.5 Å². The number of benzene rings is 1. The summed E-state index contributed by atoms with van der Waals surface area (Å²) in [7, 11) is 0. The van der Waals surface area contributed by atoms with Gasteiger partial charge in [-0.3, -0.25) is 9.69 Å². The molecule has 8 nitrogen and oxygen atoms in total. The average Bonchev–Trinajstić information content (AvgIpc) is 2.74. The van der Waals surface area contributed by atoms with Crippen molar-refractivity contribution in [3.05, 3.63) is 35.5 Å². The lowest BCUT2D eigenvalue weighted by Gasteiger charge is -2.40. The molecule has 1 atom stereocenters. The van der Waals surface area contributed by atoms with E-state index in [-0.39, 0.29) is 36.5 Å². The maximum Gasteiger partial charge on any atom is 0.408 e. The molecule has 0 spiro atoms. The molecule has 0 radical (unpaired) electrons. The number of carbonyl (C=O) groups excluding carboxylic acids is 1. The number of nitrogens with one attached hydrogen (secondary N) is 1. The largest absolute Gasteiger partial charge is 0.491 e. The Bertz CT molecular complexity index is 1130. The molecule has 1 aromatic carbocycles. The van der Waals surface area contributed by atoms with Gasteiger partial charge in [0.2, 0.25) is 5.91 Å². The average molecular weight is 506 g/mol. The fraction of sp³-hybridized carbons (Fsp3) is 0.500. The standard InChI is InChI=1S/C26H33F2N3O5/c1-14(2)9-17(31(25(33)34)26(4,5)6)13-35-20-8-7-18-19-10-21(30-15(3)32)29-11-16(19)12-36-23(18)22(20)24(27)28/h7-8,10-11,14,17,24H,9,12-13H2,1-6H3,(H,33,34)(H,29,30,32). The first-order valence-corrected chi connectivity index (χ1v) is 11.8. The number of hydrogen-bond acceptors (Lipinski definition) is 5. The predicted octanol–water partition coefficient (Wildman–Crippen LogP) is 6.11. The van der Waals surface area contributed by atoms with Crippen LogP contribution in [0.4, 0.5) is 19.4 Å². The number of carbonyl (C=O) groups is 2. The summed E-state index contributed by atoms with van der Waals surface area (Å²) < 4.78 is 40.2. The van der Waals surface area contributed by atoms with Crippen LogP contribution < -0.4 is 14.8 Å². The fourth-order valence-electron chi connectivity index (χ4n) is 4.50. The first kappa shape index (κ1) is 27.2. The molecule has 0 bridgehead atoms. The second kappa shape index (κ2) is 10.7. The van der Waals surface area contributed by atoms with Crippen molar-refractivity contribution in [1.82, 2.24) is 9.88 Å². The minimum Gasteiger partial charge on any atom is -0.491 e. The van der Waals surface area contributed by atoms with Crippen LogP contribution in [0.25, 0.3) is 11.1 Å². The highest BCUT2D eigenvalue weighted by Gasteiger charge is 2.35. The summed E-state index contributed by atoms with van der Waals surface area (Å²) in [6.45, 7) is 10.6. The van der Waals surface area contributed by atoms with E-state index in [1.54, 1.807) is 39.1 Å². The second-order valence-corrected chi connectivity index (χ2v) is 10.3. The number of pyridine rings is 1. The van der Waals surface area contributed by atoms with E-state index in [4.69, 9.17) is 9.47 Å². The molecule has 1 aromatic heterocycles. The first-order chi connectivity index (χ1) is 16.8. The molecule has 0 fully saturated rings. The quantitative estimate of drug-likeness (QED) is 0.449. The molecule has 3 rings (SSSR count). The Morgan fingerprint density at radius 3 is 2.50 bits per heavy atom. The molecule has 0 saturated heterocycles. The predicted molar refractivity (Wildman–Crippen MR) is 132 cm³/mol. The Labute approximate surface area is 209 Å². The molecule has 2 aromatic rings. The molecule has 0 saturated carbocycles. The van der Waals surface area contributed by atoms with Gasteiger partial charge in [0.05, 0.1) is 6.04 Å². The van der Waals surface area contributed by atoms with E-state index in [9.17, 15) is 23.5 Å². The van der Waals surface area contributed by atoms with Crippen molar-refractivity contribution >= 4 is 17.8 Å². The van der Waals surface area contributed by atoms with Gasteiger partial charge in [0.25, 0.3) is 6.43 Å². The fourth-order valence-corrected chi connectivity index (χ4v) is 4.50. The molecule has 1 aliphatic rings. The Kier molecular flexibility index (Phi) is 8.05. The van der Waals surface area contributed by atoms with Gasteiger partial charge in [0.15, 0.2) is 0 Å². The third kappa shape index (κ3) is 6.03. The zero-order chi connectivity index (χ0) is 26.8. The number of hydrogen-bond donors (Lipinski definition) is 2. The van der Waals surface area contributed by atoms with Crippen molar-refractivity contribution in [3.8, 4) is 22.6 Å². The number of nitrogens with zero attached hydrogens (tertiary/aromatic N) is 2. The Balaban J connectivity index is 1.98. The van der Waals surface area contributed by atoms with Gasteiger partial charge in [-0.2, -0.15) is 0 Å². The summed E-state index contributed by atoms with van der Waals surface area (Å²) in [5, 5.41) is 12.5. The van der Waals surface area contributed by atoms with E-state index in [0.29, 0.717) is 28.9 Å². The van der Waals surface area contributed by atoms with Crippen molar-refractivity contribution in [1.29, 1.82) is 0 Å². The monoisotopic (exact) mass is 505 g/mol. The van der Waals surface area contributed by atoms with Crippen molar-refractivity contribution in [2.75, 3.05) is 11.9 Å². The third-order valence-electron chi connectivity index (χ3n) is 5.80. The molecule has 2 heterocycles. The van der Waals surface area contributed by atoms with Crippen LogP contribution >= 0.6 is 0 Å². The summed E-state index contributed by atoms with van der Waals surface area (Å²) in [5.74, 6) is 0.110. The highest BCUT2D eigenvalue weighted by Crippen LogP contribution is 2.47. The normalized spacial score (nSPS) is 13.5. The van der Waals surface area contributed by atoms with Crippen LogP contribution in [0, 0.1) is 5.92 Å². The number of halogens is 2. The number of rotatable bonds is 8. The number of fused-ring (bicyclic) bond motifs is 3. The lowest BCUT2D eigenvalue weighted by molar-refractivity contribution is -0.114. The minimum atomic E-state index is -2.89. The Morgan fingerprint density at radius 1 is 1.25 bits per heavy atom. The smallest absolute Gasteiger partial charge is 0.408 e. The highest BCUT2D eigenvalue weighted by molar-refractivity contribution is 5.89. The number of anilines is 1. The maximum atomic E-state index is 14.3. The summed E-state index contributed by atoms with van der Waals surface area (Å²) in [5.41, 5.74) is 0.670. The van der Waals surface area contributed by atoms with Gasteiger partial charge < -0.3 is 19.9 Å². The van der Waals surface area contributed by atoms with E-state index in [2.05, 4.69) is 10.3 Å². The maximum absolute atomic E-state index is 14.3. The van der Waals surface area contributed by atoms with E-state index in [1.165, 1.54) is 17.9 Å². The second-order valence-electron chi connectivity index (χ2n) is 10.3. The molecule has 2 amide bonds. The van der Waals surface area contributed by atoms with Crippen molar-refractivity contribution in [3.63, 3.8) is 0 Å². The van der Waals surface area contributed by atoms with Crippen molar-refractivity contribution < 1.29 is 33.0 Å². The highest BCUT2D eigenvalue weighted by atomic mass is 19.3. The van der Waals surface area contributed by atoms with Gasteiger partial charge in [-0.05, 0) is 56.9 Å². The summed E-state index contributed by atoms with van der Waals surface area (Å²) in [6, 6.07) is 4.16. The molecule has 1 aliphatic heterocycles. The van der Waals surface area contributed by atoms with E-state index in [1.807, 2.05) is 13.8 Å². The van der Waals surface area contributed by atoms with E-state index in [0.717, 1.165) is 0 Å². The topological polar surface area (TPSA) is 101 Å². The molecule has 0 aliphatic carbocycles. The molecule has 2 N–H and O–H groups in total. The SMILES string of the molecule is CC(=O)Nc1cc2c(cn1)COc1c-2ccc(OCC(CC(C)C)N(C(=O)O)C(C)(C)C)c1C(F)F. The van der Waals surface area contributed by atoms with E-state index >= 15 is 0 Å². The number of alkyl halides is 2. The van der Waals surface area contributed by atoms with Crippen LogP contribution in [0.2, 0.25) is 0 Å². The van der Waals surface area contributed by atoms with Gasteiger partial charge in [-0.1, -0.05) is 13.8 Å². The van der Waals surface area contributed by atoms with Gasteiger partial charge in [0.1, 0.15) is 36.1 Å². The number of amides is 2. The summed E-state index contributed by atoms with van der Waals surface area (Å²) in [6.07, 6.45) is -1.95.